The number of nitrogens with zero attached hydrogens (tertiary/aromatic N) is 5. The Bertz CT molecular complexity index is 2600. The van der Waals surface area contributed by atoms with Gasteiger partial charge in [-0.25, -0.2) is 14.8 Å². The van der Waals surface area contributed by atoms with Gasteiger partial charge in [-0.15, -0.1) is 0 Å². The number of aromatic carboxylic acids is 1. The second-order valence-electron chi connectivity index (χ2n) is 17.8. The fourth-order valence-corrected chi connectivity index (χ4v) is 12.4. The number of amides is 1. The molecule has 4 N–H and O–H groups in total. The van der Waals surface area contributed by atoms with E-state index < -0.39 is 11.9 Å². The number of rotatable bonds is 14. The molecular formula is C45H47N7O6S. The number of carboxylic acids is 2. The van der Waals surface area contributed by atoms with Gasteiger partial charge in [0.05, 0.1) is 46.3 Å². The van der Waals surface area contributed by atoms with Crippen LogP contribution < -0.4 is 10.6 Å². The molecule has 13 nitrogen and oxygen atoms in total. The minimum atomic E-state index is -1.16. The van der Waals surface area contributed by atoms with Crippen LogP contribution in [0.3, 0.4) is 0 Å². The number of anilines is 1. The molecule has 4 aromatic heterocycles. The maximum Gasteiger partial charge on any atom is 0.355 e. The summed E-state index contributed by atoms with van der Waals surface area (Å²) in [5, 5.41) is 31.6. The molecular weight excluding hydrogens is 767 g/mol. The van der Waals surface area contributed by atoms with Gasteiger partial charge in [0.2, 0.25) is 0 Å². The van der Waals surface area contributed by atoms with Crippen LogP contribution in [0.1, 0.15) is 85.3 Å². The number of pyridine rings is 2. The lowest BCUT2D eigenvalue weighted by Crippen LogP contribution is -2.64. The topological polar surface area (TPSA) is 181 Å². The minimum Gasteiger partial charge on any atom is -0.481 e. The van der Waals surface area contributed by atoms with Gasteiger partial charge in [-0.2, -0.15) is 5.10 Å². The van der Waals surface area contributed by atoms with Crippen LogP contribution in [0.15, 0.2) is 73.1 Å². The molecule has 0 radical (unpaired) electrons. The zero-order valence-corrected chi connectivity index (χ0v) is 34.2. The molecule has 2 atom stereocenters. The van der Waals surface area contributed by atoms with Gasteiger partial charge in [-0.3, -0.25) is 24.6 Å². The van der Waals surface area contributed by atoms with Crippen LogP contribution in [-0.2, 0) is 16.1 Å². The van der Waals surface area contributed by atoms with E-state index in [9.17, 15) is 19.5 Å². The Morgan fingerprint density at radius 2 is 1.64 bits per heavy atom. The summed E-state index contributed by atoms with van der Waals surface area (Å²) in [5.41, 5.74) is 4.82. The first-order valence-electron chi connectivity index (χ1n) is 20.1. The van der Waals surface area contributed by atoms with Crippen molar-refractivity contribution in [2.75, 3.05) is 25.0 Å². The first-order chi connectivity index (χ1) is 28.2. The van der Waals surface area contributed by atoms with Crippen LogP contribution in [0, 0.1) is 23.2 Å². The van der Waals surface area contributed by atoms with Crippen molar-refractivity contribution in [3.8, 4) is 22.4 Å². The van der Waals surface area contributed by atoms with E-state index >= 15 is 0 Å². The number of carbonyl (C=O) groups is 3. The van der Waals surface area contributed by atoms with Crippen molar-refractivity contribution in [1.82, 2.24) is 30.0 Å². The predicted octanol–water partition coefficient (Wildman–Crippen LogP) is 8.23. The molecule has 2 aromatic carbocycles. The van der Waals surface area contributed by atoms with Crippen LogP contribution in [-0.4, -0.2) is 78.1 Å². The predicted molar refractivity (Wildman–Crippen MR) is 226 cm³/mol. The highest BCUT2D eigenvalue weighted by atomic mass is 32.1. The minimum absolute atomic E-state index is 0.0337. The molecule has 1 amide bonds. The third-order valence-corrected chi connectivity index (χ3v) is 13.6. The van der Waals surface area contributed by atoms with E-state index in [1.807, 2.05) is 48.0 Å². The number of carboxylic acid groups (broad SMARTS) is 2. The molecule has 0 spiro atoms. The van der Waals surface area contributed by atoms with Gasteiger partial charge in [0, 0.05) is 59.2 Å². The number of benzene rings is 2. The summed E-state index contributed by atoms with van der Waals surface area (Å²) in [6.07, 6.45) is 9.76. The molecule has 4 aliphatic carbocycles. The van der Waals surface area contributed by atoms with Crippen molar-refractivity contribution in [3.63, 3.8) is 0 Å². The van der Waals surface area contributed by atoms with Crippen molar-refractivity contribution in [3.05, 3.63) is 90.0 Å². The Morgan fingerprint density at radius 1 is 0.864 bits per heavy atom. The molecule has 10 rings (SSSR count). The summed E-state index contributed by atoms with van der Waals surface area (Å²) in [6, 6.07) is 18.5. The highest BCUT2D eigenvalue weighted by Crippen LogP contribution is 2.72. The van der Waals surface area contributed by atoms with E-state index in [1.165, 1.54) is 17.8 Å². The monoisotopic (exact) mass is 813 g/mol. The molecule has 2 unspecified atom stereocenters. The third-order valence-electron chi connectivity index (χ3n) is 12.6. The lowest BCUT2D eigenvalue weighted by atomic mass is 9.39. The summed E-state index contributed by atoms with van der Waals surface area (Å²) in [7, 11) is 0. The lowest BCUT2D eigenvalue weighted by Gasteiger charge is -2.69. The number of aliphatic carboxylic acids is 1. The van der Waals surface area contributed by atoms with Gasteiger partial charge >= 0.3 is 11.9 Å². The van der Waals surface area contributed by atoms with Gasteiger partial charge in [-0.1, -0.05) is 43.4 Å². The summed E-state index contributed by atoms with van der Waals surface area (Å²) in [6.45, 7) is 9.06. The quantitative estimate of drug-likeness (QED) is 0.0778. The van der Waals surface area contributed by atoms with E-state index in [-0.39, 0.29) is 39.9 Å². The van der Waals surface area contributed by atoms with Crippen molar-refractivity contribution in [2.24, 2.45) is 16.2 Å². The molecule has 0 aliphatic heterocycles. The van der Waals surface area contributed by atoms with Crippen molar-refractivity contribution < 1.29 is 29.3 Å². The summed E-state index contributed by atoms with van der Waals surface area (Å²) < 4.78 is 9.79. The van der Waals surface area contributed by atoms with E-state index in [4.69, 9.17) is 14.9 Å². The standard InChI is InChI=1S/C45H47N7O6S/c1-27-32(19-48-52(27)26-44-21-42(2)20-43(3,22-44)24-45(23-42,25-44)58-16-15-46-14-13-37(53)54)29-11-12-33(49-38(29)40(56)57)28-17-31-30(7-6-9-34(31)47-18-28)39(55)51-41-50-35-8-4-5-10-36(35)59-41/h4-12,17-19,46H,13-16,20-26H2,1-3H3,(H,53,54)(H,56,57)(H,50,51,55). The second kappa shape index (κ2) is 14.6. The van der Waals surface area contributed by atoms with Crippen molar-refractivity contribution >= 4 is 55.4 Å². The van der Waals surface area contributed by atoms with E-state index in [0.717, 1.165) is 48.0 Å². The van der Waals surface area contributed by atoms with Crippen LogP contribution in [0.25, 0.3) is 43.5 Å². The van der Waals surface area contributed by atoms with Crippen LogP contribution in [0.2, 0.25) is 0 Å². The number of thiazole rings is 1. The zero-order valence-electron chi connectivity index (χ0n) is 33.4. The molecule has 6 aromatic rings. The second-order valence-corrected chi connectivity index (χ2v) is 18.9. The van der Waals surface area contributed by atoms with E-state index in [2.05, 4.69) is 39.4 Å². The Labute approximate surface area is 345 Å². The Balaban J connectivity index is 0.966. The van der Waals surface area contributed by atoms with Gasteiger partial charge < -0.3 is 20.3 Å². The normalized spacial score (nSPS) is 24.5. The number of hydrogen-bond acceptors (Lipinski definition) is 10. The first-order valence-corrected chi connectivity index (χ1v) is 20.9. The molecule has 304 valence electrons. The number of carbonyl (C=O) groups excluding carboxylic acids is 1. The fourth-order valence-electron chi connectivity index (χ4n) is 11.6. The summed E-state index contributed by atoms with van der Waals surface area (Å²) >= 11 is 1.40. The van der Waals surface area contributed by atoms with Crippen LogP contribution in [0.5, 0.6) is 0 Å². The number of para-hydroxylation sites is 1. The van der Waals surface area contributed by atoms with Crippen molar-refractivity contribution in [1.29, 1.82) is 0 Å². The highest BCUT2D eigenvalue weighted by molar-refractivity contribution is 7.22. The molecule has 4 fully saturated rings. The molecule has 4 aliphatic rings. The van der Waals surface area contributed by atoms with Gasteiger partial charge in [0.1, 0.15) is 0 Å². The fraction of sp³-hybridized carbons (Fsp3) is 0.400. The average molecular weight is 814 g/mol. The molecule has 4 saturated carbocycles. The third kappa shape index (κ3) is 7.49. The molecule has 59 heavy (non-hydrogen) atoms. The number of hydrogen-bond donors (Lipinski definition) is 4. The lowest BCUT2D eigenvalue weighted by molar-refractivity contribution is -0.247. The highest BCUT2D eigenvalue weighted by Gasteiger charge is 2.66. The van der Waals surface area contributed by atoms with E-state index in [0.29, 0.717) is 70.2 Å². The first kappa shape index (κ1) is 38.9. The SMILES string of the molecule is Cc1c(-c2ccc(-c3cnc4cccc(C(=O)Nc5nc6ccccc6s5)c4c3)nc2C(=O)O)cnn1CC12CC3(C)CC(C)(C1)CC(OCCNCCC(=O)O)(C3)C2. The van der Waals surface area contributed by atoms with Crippen molar-refractivity contribution in [2.45, 2.75) is 77.9 Å². The zero-order chi connectivity index (χ0) is 41.2. The average Bonchev–Trinajstić information content (AvgIpc) is 3.75. The van der Waals surface area contributed by atoms with Crippen LogP contribution in [0.4, 0.5) is 5.13 Å². The number of nitrogens with one attached hydrogen (secondary N) is 2. The molecule has 0 saturated heterocycles. The maximum absolute atomic E-state index is 13.6. The largest absolute Gasteiger partial charge is 0.481 e. The number of ether oxygens (including phenoxy) is 1. The number of aromatic nitrogens is 5. The Morgan fingerprint density at radius 3 is 2.41 bits per heavy atom. The molecule has 4 bridgehead atoms. The van der Waals surface area contributed by atoms with Crippen LogP contribution >= 0.6 is 11.3 Å². The maximum atomic E-state index is 13.6. The van der Waals surface area contributed by atoms with E-state index in [1.54, 1.807) is 36.7 Å². The molecule has 14 heteroatoms. The number of fused-ring (bicyclic) bond motifs is 2. The van der Waals surface area contributed by atoms with Gasteiger partial charge in [0.15, 0.2) is 10.8 Å². The summed E-state index contributed by atoms with van der Waals surface area (Å²) in [5.74, 6) is -2.29. The van der Waals surface area contributed by atoms with Gasteiger partial charge in [0.25, 0.3) is 5.91 Å². The Kier molecular flexibility index (Phi) is 9.64. The summed E-state index contributed by atoms with van der Waals surface area (Å²) in [4.78, 5) is 51.2. The van der Waals surface area contributed by atoms with Gasteiger partial charge in [-0.05, 0) is 104 Å². The Hall–Kier alpha value is -5.57. The molecule has 4 heterocycles. The smallest absolute Gasteiger partial charge is 0.355 e.